The van der Waals surface area contributed by atoms with Gasteiger partial charge in [0.2, 0.25) is 10.0 Å². The summed E-state index contributed by atoms with van der Waals surface area (Å²) in [5.74, 6) is 0. The molecule has 0 saturated carbocycles. The van der Waals surface area contributed by atoms with Crippen LogP contribution in [0.4, 0.5) is 0 Å². The first-order valence-corrected chi connectivity index (χ1v) is 8.38. The Labute approximate surface area is 121 Å². The Morgan fingerprint density at radius 3 is 2.65 bits per heavy atom. The lowest BCUT2D eigenvalue weighted by Crippen LogP contribution is -2.40. The van der Waals surface area contributed by atoms with E-state index in [-0.39, 0.29) is 0 Å². The second-order valence-corrected chi connectivity index (χ2v) is 6.82. The number of aryl methyl sites for hydroxylation is 1. The Kier molecular flexibility index (Phi) is 5.15. The molecule has 0 radical (unpaired) electrons. The summed E-state index contributed by atoms with van der Waals surface area (Å²) in [4.78, 5) is 0.373. The van der Waals surface area contributed by atoms with Crippen molar-refractivity contribution in [2.24, 2.45) is 0 Å². The van der Waals surface area contributed by atoms with Crippen LogP contribution in [0.25, 0.3) is 0 Å². The number of rotatable bonds is 5. The zero-order valence-corrected chi connectivity index (χ0v) is 12.9. The predicted octanol–water partition coefficient (Wildman–Crippen LogP) is 1.13. The molecule has 1 aromatic carbocycles. The molecule has 1 aliphatic rings. The summed E-state index contributed by atoms with van der Waals surface area (Å²) in [5, 5.41) is 3.24. The zero-order chi connectivity index (χ0) is 14.6. The summed E-state index contributed by atoms with van der Waals surface area (Å²) < 4.78 is 31.9. The molecule has 5 nitrogen and oxygen atoms in total. The molecule has 0 atom stereocenters. The molecule has 1 fully saturated rings. The molecule has 0 bridgehead atoms. The van der Waals surface area contributed by atoms with Gasteiger partial charge in [-0.25, -0.2) is 8.42 Å². The van der Waals surface area contributed by atoms with Gasteiger partial charge in [0, 0.05) is 19.6 Å². The van der Waals surface area contributed by atoms with Crippen molar-refractivity contribution in [1.29, 1.82) is 0 Å². The maximum atomic E-state index is 12.6. The van der Waals surface area contributed by atoms with E-state index in [0.717, 1.165) is 17.7 Å². The highest BCUT2D eigenvalue weighted by Gasteiger charge is 2.26. The number of nitrogens with zero attached hydrogens (tertiary/aromatic N) is 1. The highest BCUT2D eigenvalue weighted by molar-refractivity contribution is 7.89. The molecule has 1 aromatic rings. The van der Waals surface area contributed by atoms with Gasteiger partial charge in [-0.3, -0.25) is 0 Å². The Morgan fingerprint density at radius 1 is 1.30 bits per heavy atom. The molecule has 0 amide bonds. The largest absolute Gasteiger partial charge is 0.379 e. The third kappa shape index (κ3) is 3.38. The molecule has 0 aliphatic carbocycles. The van der Waals surface area contributed by atoms with Crippen molar-refractivity contribution < 1.29 is 13.2 Å². The van der Waals surface area contributed by atoms with Gasteiger partial charge in [-0.1, -0.05) is 13.0 Å². The van der Waals surface area contributed by atoms with Crippen molar-refractivity contribution in [3.05, 3.63) is 29.3 Å². The van der Waals surface area contributed by atoms with E-state index in [1.807, 2.05) is 19.9 Å². The molecule has 0 aromatic heterocycles. The van der Waals surface area contributed by atoms with Crippen molar-refractivity contribution in [3.63, 3.8) is 0 Å². The third-order valence-corrected chi connectivity index (χ3v) is 5.39. The Balaban J connectivity index is 2.26. The van der Waals surface area contributed by atoms with Crippen LogP contribution in [0.3, 0.4) is 0 Å². The van der Waals surface area contributed by atoms with Gasteiger partial charge in [0.1, 0.15) is 0 Å². The summed E-state index contributed by atoms with van der Waals surface area (Å²) in [5.41, 5.74) is 2.13. The van der Waals surface area contributed by atoms with Gasteiger partial charge >= 0.3 is 0 Å². The molecule has 0 spiro atoms. The summed E-state index contributed by atoms with van der Waals surface area (Å²) in [6.45, 7) is 7.37. The fraction of sp³-hybridized carbons (Fsp3) is 0.571. The number of hydrogen-bond donors (Lipinski definition) is 1. The first kappa shape index (κ1) is 15.4. The van der Waals surface area contributed by atoms with Gasteiger partial charge in [0.15, 0.2) is 0 Å². The summed E-state index contributed by atoms with van der Waals surface area (Å²) in [6, 6.07) is 5.35. The van der Waals surface area contributed by atoms with Crippen molar-refractivity contribution in [1.82, 2.24) is 9.62 Å². The average molecular weight is 298 g/mol. The molecule has 1 heterocycles. The SMILES string of the molecule is CCNCc1cc(S(=O)(=O)N2CCOCC2)ccc1C. The van der Waals surface area contributed by atoms with Gasteiger partial charge in [0.05, 0.1) is 18.1 Å². The summed E-state index contributed by atoms with van der Waals surface area (Å²) in [6.07, 6.45) is 0. The quantitative estimate of drug-likeness (QED) is 0.885. The second kappa shape index (κ2) is 6.67. The molecule has 2 rings (SSSR count). The van der Waals surface area contributed by atoms with Crippen LogP contribution in [0, 0.1) is 6.92 Å². The van der Waals surface area contributed by atoms with E-state index in [0.29, 0.717) is 37.7 Å². The molecular weight excluding hydrogens is 276 g/mol. The third-order valence-electron chi connectivity index (χ3n) is 3.49. The Hall–Kier alpha value is -0.950. The van der Waals surface area contributed by atoms with E-state index in [2.05, 4.69) is 5.32 Å². The van der Waals surface area contributed by atoms with Crippen LogP contribution < -0.4 is 5.32 Å². The van der Waals surface area contributed by atoms with E-state index >= 15 is 0 Å². The zero-order valence-electron chi connectivity index (χ0n) is 12.1. The normalized spacial score (nSPS) is 17.3. The summed E-state index contributed by atoms with van der Waals surface area (Å²) >= 11 is 0. The molecule has 0 unspecified atom stereocenters. The lowest BCUT2D eigenvalue weighted by Gasteiger charge is -2.26. The van der Waals surface area contributed by atoms with Crippen LogP contribution in [0.5, 0.6) is 0 Å². The lowest BCUT2D eigenvalue weighted by atomic mass is 10.1. The molecule has 6 heteroatoms. The number of ether oxygens (including phenoxy) is 1. The van der Waals surface area contributed by atoms with Gasteiger partial charge in [-0.2, -0.15) is 4.31 Å². The highest BCUT2D eigenvalue weighted by atomic mass is 32.2. The number of hydrogen-bond acceptors (Lipinski definition) is 4. The molecule has 1 saturated heterocycles. The minimum absolute atomic E-state index is 0.373. The standard InChI is InChI=1S/C14H22N2O3S/c1-3-15-11-13-10-14(5-4-12(13)2)20(17,18)16-6-8-19-9-7-16/h4-5,10,15H,3,6-9,11H2,1-2H3. The van der Waals surface area contributed by atoms with Crippen LogP contribution in [0.1, 0.15) is 18.1 Å². The topological polar surface area (TPSA) is 58.6 Å². The number of morpholine rings is 1. The van der Waals surface area contributed by atoms with E-state index in [9.17, 15) is 8.42 Å². The van der Waals surface area contributed by atoms with Crippen LogP contribution in [-0.4, -0.2) is 45.6 Å². The van der Waals surface area contributed by atoms with Crippen molar-refractivity contribution in [3.8, 4) is 0 Å². The van der Waals surface area contributed by atoms with E-state index in [1.54, 1.807) is 12.1 Å². The second-order valence-electron chi connectivity index (χ2n) is 4.89. The maximum Gasteiger partial charge on any atom is 0.243 e. The Bertz CT molecular complexity index is 552. The van der Waals surface area contributed by atoms with Gasteiger partial charge in [-0.15, -0.1) is 0 Å². The predicted molar refractivity (Wildman–Crippen MR) is 78.1 cm³/mol. The van der Waals surface area contributed by atoms with Crippen molar-refractivity contribution in [2.75, 3.05) is 32.8 Å². The average Bonchev–Trinajstić information content (AvgIpc) is 2.47. The molecule has 1 N–H and O–H groups in total. The molecule has 1 aliphatic heterocycles. The van der Waals surface area contributed by atoms with Gasteiger partial charge in [0.25, 0.3) is 0 Å². The molecule has 112 valence electrons. The van der Waals surface area contributed by atoms with Gasteiger partial charge < -0.3 is 10.1 Å². The lowest BCUT2D eigenvalue weighted by molar-refractivity contribution is 0.0730. The Morgan fingerprint density at radius 2 is 2.00 bits per heavy atom. The fourth-order valence-electron chi connectivity index (χ4n) is 2.19. The van der Waals surface area contributed by atoms with Crippen LogP contribution in [0.2, 0.25) is 0 Å². The minimum atomic E-state index is -3.40. The van der Waals surface area contributed by atoms with E-state index in [1.165, 1.54) is 4.31 Å². The van der Waals surface area contributed by atoms with Crippen molar-refractivity contribution in [2.45, 2.75) is 25.3 Å². The monoisotopic (exact) mass is 298 g/mol. The van der Waals surface area contributed by atoms with Crippen LogP contribution in [0.15, 0.2) is 23.1 Å². The fourth-order valence-corrected chi connectivity index (χ4v) is 3.65. The summed E-state index contributed by atoms with van der Waals surface area (Å²) in [7, 11) is -3.40. The van der Waals surface area contributed by atoms with Gasteiger partial charge in [-0.05, 0) is 36.7 Å². The first-order valence-electron chi connectivity index (χ1n) is 6.94. The van der Waals surface area contributed by atoms with E-state index in [4.69, 9.17) is 4.74 Å². The molecule has 20 heavy (non-hydrogen) atoms. The smallest absolute Gasteiger partial charge is 0.243 e. The van der Waals surface area contributed by atoms with Crippen molar-refractivity contribution >= 4 is 10.0 Å². The van der Waals surface area contributed by atoms with Crippen LogP contribution >= 0.6 is 0 Å². The number of benzene rings is 1. The minimum Gasteiger partial charge on any atom is -0.379 e. The highest BCUT2D eigenvalue weighted by Crippen LogP contribution is 2.20. The van der Waals surface area contributed by atoms with Crippen LogP contribution in [-0.2, 0) is 21.3 Å². The molecular formula is C14H22N2O3S. The number of nitrogens with one attached hydrogen (secondary N) is 1. The van der Waals surface area contributed by atoms with E-state index < -0.39 is 10.0 Å². The first-order chi connectivity index (χ1) is 9.55. The number of sulfonamides is 1. The maximum absolute atomic E-state index is 12.6.